The van der Waals surface area contributed by atoms with Crippen LogP contribution >= 0.6 is 23.2 Å². The lowest BCUT2D eigenvalue weighted by molar-refractivity contribution is -0.116. The third-order valence-electron chi connectivity index (χ3n) is 2.63. The van der Waals surface area contributed by atoms with E-state index in [4.69, 9.17) is 27.9 Å². The summed E-state index contributed by atoms with van der Waals surface area (Å²) in [5.74, 6) is 0.0564. The van der Waals surface area contributed by atoms with Crippen LogP contribution in [0.5, 0.6) is 5.75 Å². The second-order valence-corrected chi connectivity index (χ2v) is 5.12. The van der Waals surface area contributed by atoms with Crippen LogP contribution in [0.25, 0.3) is 5.76 Å². The summed E-state index contributed by atoms with van der Waals surface area (Å²) in [6, 6.07) is 13.2. The number of ether oxygens (including phenoxy) is 1. The van der Waals surface area contributed by atoms with Crippen LogP contribution in [0, 0.1) is 0 Å². The smallest absolute Gasteiger partial charge is 0.196 e. The summed E-state index contributed by atoms with van der Waals surface area (Å²) in [5.41, 5.74) is 0.513. The summed E-state index contributed by atoms with van der Waals surface area (Å²) < 4.78 is 5.29. The lowest BCUT2D eigenvalue weighted by Gasteiger charge is -2.04. The second-order valence-electron chi connectivity index (χ2n) is 4.25. The average molecular weight is 323 g/mol. The molecule has 0 spiro atoms. The van der Waals surface area contributed by atoms with E-state index in [1.807, 2.05) is 0 Å². The quantitative estimate of drug-likeness (QED) is 0.649. The lowest BCUT2D eigenvalue weighted by atomic mass is 10.1. The lowest BCUT2D eigenvalue weighted by Crippen LogP contribution is -2.09. The molecule has 1 N–H and O–H groups in total. The maximum absolute atomic E-state index is 11.7. The Morgan fingerprint density at radius 1 is 1.00 bits per heavy atom. The third kappa shape index (κ3) is 4.81. The number of carbonyl (C=O) groups excluding carboxylic acids is 1. The van der Waals surface area contributed by atoms with E-state index < -0.39 is 0 Å². The largest absolute Gasteiger partial charge is 0.507 e. The van der Waals surface area contributed by atoms with Crippen LogP contribution in [0.4, 0.5) is 0 Å². The highest BCUT2D eigenvalue weighted by atomic mass is 35.5. The second kappa shape index (κ2) is 7.16. The summed E-state index contributed by atoms with van der Waals surface area (Å²) in [7, 11) is 0. The summed E-state index contributed by atoms with van der Waals surface area (Å²) in [6.45, 7) is -0.167. The van der Waals surface area contributed by atoms with Crippen LogP contribution in [-0.2, 0) is 4.79 Å². The summed E-state index contributed by atoms with van der Waals surface area (Å²) in [5, 5.41) is 11.0. The van der Waals surface area contributed by atoms with Gasteiger partial charge in [0, 0.05) is 21.7 Å². The van der Waals surface area contributed by atoms with Gasteiger partial charge in [-0.3, -0.25) is 4.79 Å². The highest BCUT2D eigenvalue weighted by Crippen LogP contribution is 2.17. The number of aliphatic hydroxyl groups is 1. The molecule has 5 heteroatoms. The van der Waals surface area contributed by atoms with Crippen LogP contribution < -0.4 is 4.74 Å². The van der Waals surface area contributed by atoms with Crippen molar-refractivity contribution in [2.75, 3.05) is 6.61 Å². The van der Waals surface area contributed by atoms with Gasteiger partial charge < -0.3 is 9.84 Å². The zero-order chi connectivity index (χ0) is 15.2. The highest BCUT2D eigenvalue weighted by Gasteiger charge is 2.05. The zero-order valence-corrected chi connectivity index (χ0v) is 12.4. The van der Waals surface area contributed by atoms with Gasteiger partial charge in [-0.15, -0.1) is 0 Å². The molecule has 0 aliphatic heterocycles. The van der Waals surface area contributed by atoms with Crippen LogP contribution in [0.15, 0.2) is 54.6 Å². The Balaban J connectivity index is 1.95. The van der Waals surface area contributed by atoms with E-state index in [1.54, 1.807) is 48.5 Å². The van der Waals surface area contributed by atoms with E-state index >= 15 is 0 Å². The van der Waals surface area contributed by atoms with Crippen LogP contribution in [0.2, 0.25) is 10.0 Å². The Bertz CT molecular complexity index is 646. The van der Waals surface area contributed by atoms with Gasteiger partial charge in [-0.05, 0) is 48.5 Å². The van der Waals surface area contributed by atoms with Gasteiger partial charge >= 0.3 is 0 Å². The average Bonchev–Trinajstić information content (AvgIpc) is 2.47. The Hall–Kier alpha value is -1.97. The minimum absolute atomic E-state index is 0.128. The van der Waals surface area contributed by atoms with E-state index in [0.29, 0.717) is 21.4 Å². The highest BCUT2D eigenvalue weighted by molar-refractivity contribution is 6.30. The molecule has 0 heterocycles. The molecule has 0 aliphatic rings. The molecule has 0 atom stereocenters. The Morgan fingerprint density at radius 2 is 1.52 bits per heavy atom. The van der Waals surface area contributed by atoms with E-state index in [0.717, 1.165) is 6.08 Å². The maximum Gasteiger partial charge on any atom is 0.196 e. The summed E-state index contributed by atoms with van der Waals surface area (Å²) in [4.78, 5) is 11.7. The normalized spacial score (nSPS) is 11.2. The van der Waals surface area contributed by atoms with E-state index in [9.17, 15) is 9.90 Å². The monoisotopic (exact) mass is 322 g/mol. The standard InChI is InChI=1S/C16H12Cl2O3/c17-12-3-1-11(2-4-12)16(20)9-14(19)10-21-15-7-5-13(18)6-8-15/h1-9,20H,10H2. The Labute approximate surface area is 132 Å². The van der Waals surface area contributed by atoms with Crippen LogP contribution in [0.1, 0.15) is 5.56 Å². The number of carbonyl (C=O) groups is 1. The molecule has 2 rings (SSSR count). The van der Waals surface area contributed by atoms with Crippen molar-refractivity contribution in [2.24, 2.45) is 0 Å². The van der Waals surface area contributed by atoms with Gasteiger partial charge in [0.2, 0.25) is 0 Å². The van der Waals surface area contributed by atoms with Gasteiger partial charge in [-0.25, -0.2) is 0 Å². The number of halogens is 2. The van der Waals surface area contributed by atoms with Crippen molar-refractivity contribution in [1.29, 1.82) is 0 Å². The number of benzene rings is 2. The fourth-order valence-electron chi connectivity index (χ4n) is 1.58. The molecule has 21 heavy (non-hydrogen) atoms. The van der Waals surface area contributed by atoms with Gasteiger partial charge in [0.1, 0.15) is 11.5 Å². The number of hydrogen-bond acceptors (Lipinski definition) is 3. The van der Waals surface area contributed by atoms with Gasteiger partial charge in [0.05, 0.1) is 0 Å². The molecule has 0 bridgehead atoms. The maximum atomic E-state index is 11.7. The minimum Gasteiger partial charge on any atom is -0.507 e. The first-order valence-electron chi connectivity index (χ1n) is 6.12. The zero-order valence-electron chi connectivity index (χ0n) is 10.9. The molecule has 0 radical (unpaired) electrons. The van der Waals surface area contributed by atoms with Crippen molar-refractivity contribution < 1.29 is 14.6 Å². The first kappa shape index (κ1) is 15.4. The molecule has 108 valence electrons. The van der Waals surface area contributed by atoms with Crippen molar-refractivity contribution >= 4 is 34.7 Å². The van der Waals surface area contributed by atoms with Crippen molar-refractivity contribution in [2.45, 2.75) is 0 Å². The predicted molar refractivity (Wildman–Crippen MR) is 84.0 cm³/mol. The van der Waals surface area contributed by atoms with Crippen molar-refractivity contribution in [3.63, 3.8) is 0 Å². The van der Waals surface area contributed by atoms with Gasteiger partial charge in [-0.1, -0.05) is 23.2 Å². The van der Waals surface area contributed by atoms with Gasteiger partial charge in [-0.2, -0.15) is 0 Å². The van der Waals surface area contributed by atoms with Gasteiger partial charge in [0.25, 0.3) is 0 Å². The third-order valence-corrected chi connectivity index (χ3v) is 3.14. The summed E-state index contributed by atoms with van der Waals surface area (Å²) in [6.07, 6.45) is 1.12. The first-order valence-corrected chi connectivity index (χ1v) is 6.88. The molecule has 3 nitrogen and oxygen atoms in total. The molecular weight excluding hydrogens is 311 g/mol. The number of rotatable bonds is 5. The summed E-state index contributed by atoms with van der Waals surface area (Å²) >= 11 is 11.5. The fraction of sp³-hybridized carbons (Fsp3) is 0.0625. The molecule has 0 aromatic heterocycles. The fourth-order valence-corrected chi connectivity index (χ4v) is 1.84. The Kier molecular flexibility index (Phi) is 5.26. The molecule has 0 aliphatic carbocycles. The van der Waals surface area contributed by atoms with Crippen molar-refractivity contribution in [3.05, 3.63) is 70.2 Å². The molecule has 2 aromatic rings. The molecule has 0 saturated heterocycles. The van der Waals surface area contributed by atoms with Gasteiger partial charge in [0.15, 0.2) is 12.4 Å². The molecule has 0 saturated carbocycles. The molecule has 0 fully saturated rings. The predicted octanol–water partition coefficient (Wildman–Crippen LogP) is 4.54. The topological polar surface area (TPSA) is 46.5 Å². The molecular formula is C16H12Cl2O3. The van der Waals surface area contributed by atoms with Crippen molar-refractivity contribution in [1.82, 2.24) is 0 Å². The van der Waals surface area contributed by atoms with Crippen LogP contribution in [0.3, 0.4) is 0 Å². The molecule has 0 amide bonds. The van der Waals surface area contributed by atoms with Crippen LogP contribution in [-0.4, -0.2) is 17.5 Å². The van der Waals surface area contributed by atoms with E-state index in [-0.39, 0.29) is 18.1 Å². The molecule has 0 unspecified atom stereocenters. The number of hydrogen-bond donors (Lipinski definition) is 1. The van der Waals surface area contributed by atoms with E-state index in [2.05, 4.69) is 0 Å². The number of ketones is 1. The van der Waals surface area contributed by atoms with E-state index in [1.165, 1.54) is 0 Å². The first-order chi connectivity index (χ1) is 10.0. The SMILES string of the molecule is O=C(C=C(O)c1ccc(Cl)cc1)COc1ccc(Cl)cc1. The van der Waals surface area contributed by atoms with Crippen molar-refractivity contribution in [3.8, 4) is 5.75 Å². The molecule has 2 aromatic carbocycles. The Morgan fingerprint density at radius 3 is 2.10 bits per heavy atom. The minimum atomic E-state index is -0.350. The number of aliphatic hydroxyl groups excluding tert-OH is 1.